The van der Waals surface area contributed by atoms with Gasteiger partial charge in [-0.15, -0.1) is 0 Å². The quantitative estimate of drug-likeness (QED) is 0.245. The molecule has 0 saturated carbocycles. The molecule has 0 atom stereocenters. The van der Waals surface area contributed by atoms with Gasteiger partial charge in [0.25, 0.3) is 16.0 Å². The highest BCUT2D eigenvalue weighted by atomic mass is 32.2. The number of H-pyrrole nitrogens is 1. The first kappa shape index (κ1) is 25.7. The van der Waals surface area contributed by atoms with E-state index < -0.39 is 27.8 Å². The lowest BCUT2D eigenvalue weighted by atomic mass is 10.1. The number of ether oxygens (including phenoxy) is 1. The average Bonchev–Trinajstić information content (AvgIpc) is 3.35. The molecule has 33 heavy (non-hydrogen) atoms. The van der Waals surface area contributed by atoms with Crippen molar-refractivity contribution in [3.63, 3.8) is 0 Å². The maximum absolute atomic E-state index is 13.4. The number of aromatic amines is 1. The molecule has 0 fully saturated rings. The van der Waals surface area contributed by atoms with Crippen molar-refractivity contribution < 1.29 is 35.7 Å². The van der Waals surface area contributed by atoms with E-state index in [9.17, 15) is 26.4 Å². The highest BCUT2D eigenvalue weighted by molar-refractivity contribution is 7.85. The lowest BCUT2D eigenvalue weighted by Gasteiger charge is -2.12. The fourth-order valence-electron chi connectivity index (χ4n) is 2.70. The van der Waals surface area contributed by atoms with E-state index in [1.54, 1.807) is 0 Å². The van der Waals surface area contributed by atoms with Gasteiger partial charge in [-0.05, 0) is 30.3 Å². The molecule has 2 heterocycles. The molecular formula is C19H22F3N5O5S. The largest absolute Gasteiger partial charge is 0.490 e. The second kappa shape index (κ2) is 10.4. The Balaban J connectivity index is 0.000000696. The Morgan fingerprint density at radius 1 is 1.30 bits per heavy atom. The third-order valence-corrected chi connectivity index (χ3v) is 4.06. The van der Waals surface area contributed by atoms with Crippen LogP contribution in [0.1, 0.15) is 16.1 Å². The van der Waals surface area contributed by atoms with Crippen molar-refractivity contribution in [2.75, 3.05) is 19.9 Å². The van der Waals surface area contributed by atoms with Crippen LogP contribution in [0.4, 0.5) is 13.2 Å². The Kier molecular flexibility index (Phi) is 8.11. The number of amides is 1. The molecule has 1 amide bonds. The number of hydrogen-bond acceptors (Lipinski definition) is 5. The molecule has 14 heteroatoms. The van der Waals surface area contributed by atoms with Gasteiger partial charge in [0.05, 0.1) is 23.9 Å². The monoisotopic (exact) mass is 489 g/mol. The van der Waals surface area contributed by atoms with Gasteiger partial charge in [-0.25, -0.2) is 0 Å². The minimum atomic E-state index is -4.58. The Bertz CT molecular complexity index is 1230. The zero-order valence-electron chi connectivity index (χ0n) is 17.5. The first-order valence-electron chi connectivity index (χ1n) is 9.22. The molecule has 180 valence electrons. The van der Waals surface area contributed by atoms with Crippen molar-refractivity contribution in [2.24, 2.45) is 10.7 Å². The van der Waals surface area contributed by atoms with Crippen LogP contribution >= 0.6 is 0 Å². The lowest BCUT2D eigenvalue weighted by molar-refractivity contribution is -0.136. The molecule has 0 saturated heterocycles. The third-order valence-electron chi connectivity index (χ3n) is 4.06. The van der Waals surface area contributed by atoms with Gasteiger partial charge in [0, 0.05) is 24.8 Å². The van der Waals surface area contributed by atoms with E-state index in [1.165, 1.54) is 13.1 Å². The van der Waals surface area contributed by atoms with E-state index in [-0.39, 0.29) is 34.9 Å². The van der Waals surface area contributed by atoms with Crippen LogP contribution in [0.15, 0.2) is 47.7 Å². The summed E-state index contributed by atoms with van der Waals surface area (Å²) in [7, 11) is -2.29. The molecule has 0 aliphatic heterocycles. The number of nitrogens with two attached hydrogens (primary N) is 1. The van der Waals surface area contributed by atoms with E-state index in [0.717, 1.165) is 12.1 Å². The van der Waals surface area contributed by atoms with Crippen LogP contribution in [0.3, 0.4) is 0 Å². The molecule has 0 spiro atoms. The standard InChI is InChI=1S/C18H18F3N5O2.CH4O3S/c1-23-17(22)25-16(27)13-10-11-12(18(19,20)21)4-5-14(15(11)24-13)28-9-8-26-6-2-3-7-26;1-5(2,3)4/h2-7,10,24H,8-9H2,1H3,(H3,22,23,25,27);1H3,(H,2,3,4). The van der Waals surface area contributed by atoms with E-state index in [4.69, 9.17) is 15.0 Å². The molecule has 0 aliphatic carbocycles. The molecule has 3 aromatic rings. The van der Waals surface area contributed by atoms with Gasteiger partial charge in [-0.1, -0.05) is 0 Å². The molecule has 0 unspecified atom stereocenters. The van der Waals surface area contributed by atoms with Crippen molar-refractivity contribution in [1.82, 2.24) is 14.9 Å². The number of alkyl halides is 3. The molecule has 1 aromatic carbocycles. The summed E-state index contributed by atoms with van der Waals surface area (Å²) in [6, 6.07) is 7.01. The highest BCUT2D eigenvalue weighted by Crippen LogP contribution is 2.38. The highest BCUT2D eigenvalue weighted by Gasteiger charge is 2.34. The van der Waals surface area contributed by atoms with Crippen LogP contribution in [-0.2, 0) is 22.8 Å². The summed E-state index contributed by atoms with van der Waals surface area (Å²) >= 11 is 0. The van der Waals surface area contributed by atoms with Gasteiger partial charge in [-0.2, -0.15) is 21.6 Å². The van der Waals surface area contributed by atoms with Gasteiger partial charge < -0.3 is 20.0 Å². The van der Waals surface area contributed by atoms with Crippen LogP contribution in [0, 0.1) is 0 Å². The first-order valence-corrected chi connectivity index (χ1v) is 11.1. The second-order valence-corrected chi connectivity index (χ2v) is 8.11. The number of benzene rings is 1. The Morgan fingerprint density at radius 2 is 1.91 bits per heavy atom. The number of guanidine groups is 1. The predicted molar refractivity (Wildman–Crippen MR) is 116 cm³/mol. The molecule has 0 radical (unpaired) electrons. The van der Waals surface area contributed by atoms with Crippen molar-refractivity contribution in [3.05, 3.63) is 54.0 Å². The number of aliphatic imine (C=N–C) groups is 1. The molecule has 10 nitrogen and oxygen atoms in total. The summed E-state index contributed by atoms with van der Waals surface area (Å²) < 4.78 is 73.5. The number of nitrogens with zero attached hydrogens (tertiary/aromatic N) is 2. The maximum atomic E-state index is 13.4. The van der Waals surface area contributed by atoms with Gasteiger partial charge in [0.1, 0.15) is 18.1 Å². The van der Waals surface area contributed by atoms with Gasteiger partial charge >= 0.3 is 6.18 Å². The second-order valence-electron chi connectivity index (χ2n) is 6.65. The topological polar surface area (TPSA) is 152 Å². The van der Waals surface area contributed by atoms with Crippen LogP contribution in [-0.4, -0.2) is 54.3 Å². The molecule has 3 rings (SSSR count). The Hall–Kier alpha value is -3.52. The molecule has 5 N–H and O–H groups in total. The number of fused-ring (bicyclic) bond motifs is 1. The van der Waals surface area contributed by atoms with Crippen LogP contribution in [0.2, 0.25) is 0 Å². The van der Waals surface area contributed by atoms with E-state index >= 15 is 0 Å². The average molecular weight is 489 g/mol. The predicted octanol–water partition coefficient (Wildman–Crippen LogP) is 2.25. The van der Waals surface area contributed by atoms with Crippen molar-refractivity contribution >= 4 is 32.9 Å². The molecule has 0 bridgehead atoms. The van der Waals surface area contributed by atoms with Gasteiger partial charge in [-0.3, -0.25) is 19.7 Å². The smallest absolute Gasteiger partial charge is 0.417 e. The minimum absolute atomic E-state index is 0.0829. The SMILES string of the molecule is CN=C(N)NC(=O)c1cc2c(C(F)(F)F)ccc(OCCn3cccc3)c2[nH]1.CS(=O)(=O)O. The summed E-state index contributed by atoms with van der Waals surface area (Å²) in [6.07, 6.45) is -0.167. The van der Waals surface area contributed by atoms with Crippen molar-refractivity contribution in [1.29, 1.82) is 0 Å². The lowest BCUT2D eigenvalue weighted by Crippen LogP contribution is -2.36. The van der Waals surface area contributed by atoms with Gasteiger partial charge in [0.15, 0.2) is 5.96 Å². The van der Waals surface area contributed by atoms with E-state index in [2.05, 4.69) is 15.3 Å². The summed E-state index contributed by atoms with van der Waals surface area (Å²) in [5, 5.41) is 2.11. The Morgan fingerprint density at radius 3 is 2.45 bits per heavy atom. The van der Waals surface area contributed by atoms with E-state index in [0.29, 0.717) is 12.8 Å². The molecule has 0 aliphatic rings. The summed E-state index contributed by atoms with van der Waals surface area (Å²) in [5.74, 6) is -0.639. The zero-order chi connectivity index (χ0) is 24.8. The number of aromatic nitrogens is 2. The van der Waals surface area contributed by atoms with Crippen molar-refractivity contribution in [2.45, 2.75) is 12.7 Å². The first-order chi connectivity index (χ1) is 15.3. The Labute approximate surface area is 187 Å². The number of carbonyl (C=O) groups is 1. The number of halogens is 3. The van der Waals surface area contributed by atoms with Crippen LogP contribution in [0.5, 0.6) is 5.75 Å². The fraction of sp³-hybridized carbons (Fsp3) is 0.263. The number of nitrogens with one attached hydrogen (secondary N) is 2. The van der Waals surface area contributed by atoms with E-state index in [1.807, 2.05) is 29.1 Å². The third kappa shape index (κ3) is 7.84. The van der Waals surface area contributed by atoms with Crippen molar-refractivity contribution in [3.8, 4) is 5.75 Å². The minimum Gasteiger partial charge on any atom is -0.490 e. The molecular weight excluding hydrogens is 467 g/mol. The normalized spacial score (nSPS) is 12.2. The zero-order valence-corrected chi connectivity index (χ0v) is 18.4. The summed E-state index contributed by atoms with van der Waals surface area (Å²) in [5.41, 5.74) is 4.57. The fourth-order valence-corrected chi connectivity index (χ4v) is 2.70. The number of carbonyl (C=O) groups excluding carboxylic acids is 1. The van der Waals surface area contributed by atoms with Crippen LogP contribution in [0.25, 0.3) is 10.9 Å². The number of hydrogen-bond donors (Lipinski definition) is 4. The molecule has 2 aromatic heterocycles. The van der Waals surface area contributed by atoms with Gasteiger partial charge in [0.2, 0.25) is 0 Å². The van der Waals surface area contributed by atoms with Crippen LogP contribution < -0.4 is 15.8 Å². The summed E-state index contributed by atoms with van der Waals surface area (Å²) in [6.45, 7) is 0.762. The number of rotatable bonds is 5. The maximum Gasteiger partial charge on any atom is 0.417 e. The summed E-state index contributed by atoms with van der Waals surface area (Å²) in [4.78, 5) is 18.5.